The van der Waals surface area contributed by atoms with Crippen LogP contribution in [0.1, 0.15) is 29.9 Å². The summed E-state index contributed by atoms with van der Waals surface area (Å²) in [5.74, 6) is 0.694. The molecule has 4 heteroatoms. The standard InChI is InChI=1S/C21H22N2O2/c1-15-8-6-11-18(14-15)23-21(24)16(2)22-20(19-12-7-13-25-19)17-9-4-3-5-10-17/h3-14,16,20,22H,1-2H3,(H,23,24)/t16-,20+/m0/s1. The number of hydrogen-bond donors (Lipinski definition) is 2. The number of nitrogens with one attached hydrogen (secondary N) is 2. The second-order valence-corrected chi connectivity index (χ2v) is 6.11. The van der Waals surface area contributed by atoms with Crippen molar-refractivity contribution in [1.82, 2.24) is 5.32 Å². The maximum Gasteiger partial charge on any atom is 0.241 e. The summed E-state index contributed by atoms with van der Waals surface area (Å²) >= 11 is 0. The number of furan rings is 1. The fraction of sp³-hybridized carbons (Fsp3) is 0.190. The number of anilines is 1. The summed E-state index contributed by atoms with van der Waals surface area (Å²) < 4.78 is 5.57. The number of aryl methyl sites for hydroxylation is 1. The van der Waals surface area contributed by atoms with Gasteiger partial charge in [0.2, 0.25) is 5.91 Å². The molecule has 2 N–H and O–H groups in total. The molecule has 0 unspecified atom stereocenters. The SMILES string of the molecule is Cc1cccc(NC(=O)[C@H](C)N[C@H](c2ccccc2)c2ccco2)c1. The minimum atomic E-state index is -0.393. The summed E-state index contributed by atoms with van der Waals surface area (Å²) in [5.41, 5.74) is 2.96. The van der Waals surface area contributed by atoms with Crippen molar-refractivity contribution in [3.05, 3.63) is 89.9 Å². The molecule has 0 spiro atoms. The molecule has 0 aliphatic rings. The topological polar surface area (TPSA) is 54.3 Å². The third kappa shape index (κ3) is 4.37. The molecule has 1 heterocycles. The molecule has 0 aliphatic heterocycles. The fourth-order valence-corrected chi connectivity index (χ4v) is 2.74. The van der Waals surface area contributed by atoms with E-state index in [1.54, 1.807) is 6.26 Å². The predicted molar refractivity (Wildman–Crippen MR) is 99.4 cm³/mol. The number of carbonyl (C=O) groups excluding carboxylic acids is 1. The molecule has 25 heavy (non-hydrogen) atoms. The Morgan fingerprint density at radius 2 is 1.80 bits per heavy atom. The average molecular weight is 334 g/mol. The van der Waals surface area contributed by atoms with Crippen LogP contribution in [0.15, 0.2) is 77.4 Å². The van der Waals surface area contributed by atoms with Crippen LogP contribution in [0.4, 0.5) is 5.69 Å². The lowest BCUT2D eigenvalue weighted by atomic mass is 10.0. The summed E-state index contributed by atoms with van der Waals surface area (Å²) in [7, 11) is 0. The van der Waals surface area contributed by atoms with Crippen LogP contribution in [0.2, 0.25) is 0 Å². The van der Waals surface area contributed by atoms with Gasteiger partial charge < -0.3 is 9.73 Å². The first kappa shape index (κ1) is 17.0. The van der Waals surface area contributed by atoms with Gasteiger partial charge >= 0.3 is 0 Å². The van der Waals surface area contributed by atoms with Gasteiger partial charge in [-0.3, -0.25) is 10.1 Å². The number of rotatable bonds is 6. The lowest BCUT2D eigenvalue weighted by Crippen LogP contribution is -2.40. The molecule has 4 nitrogen and oxygen atoms in total. The summed E-state index contributed by atoms with van der Waals surface area (Å²) in [6.07, 6.45) is 1.64. The first-order chi connectivity index (χ1) is 12.1. The van der Waals surface area contributed by atoms with E-state index < -0.39 is 6.04 Å². The van der Waals surface area contributed by atoms with Gasteiger partial charge in [0.15, 0.2) is 0 Å². The summed E-state index contributed by atoms with van der Waals surface area (Å²) in [4.78, 5) is 12.6. The van der Waals surface area contributed by atoms with Crippen molar-refractivity contribution < 1.29 is 9.21 Å². The van der Waals surface area contributed by atoms with Crippen LogP contribution >= 0.6 is 0 Å². The molecule has 1 amide bonds. The minimum Gasteiger partial charge on any atom is -0.467 e. The molecule has 0 bridgehead atoms. The van der Waals surface area contributed by atoms with Crippen molar-refractivity contribution in [2.45, 2.75) is 25.9 Å². The van der Waals surface area contributed by atoms with Crippen LogP contribution < -0.4 is 10.6 Å². The van der Waals surface area contributed by atoms with E-state index in [0.29, 0.717) is 0 Å². The molecule has 2 atom stereocenters. The Balaban J connectivity index is 1.74. The third-order valence-corrected chi connectivity index (χ3v) is 4.06. The van der Waals surface area contributed by atoms with E-state index in [1.165, 1.54) is 0 Å². The van der Waals surface area contributed by atoms with Crippen LogP contribution in [-0.2, 0) is 4.79 Å². The molecular weight excluding hydrogens is 312 g/mol. The first-order valence-electron chi connectivity index (χ1n) is 8.35. The smallest absolute Gasteiger partial charge is 0.241 e. The van der Waals surface area contributed by atoms with Gasteiger partial charge in [0.25, 0.3) is 0 Å². The van der Waals surface area contributed by atoms with E-state index in [4.69, 9.17) is 4.42 Å². The second kappa shape index (κ2) is 7.81. The van der Waals surface area contributed by atoms with Crippen LogP contribution in [0, 0.1) is 6.92 Å². The zero-order valence-electron chi connectivity index (χ0n) is 14.4. The Bertz CT molecular complexity index is 813. The predicted octanol–water partition coefficient (Wildman–Crippen LogP) is 4.29. The van der Waals surface area contributed by atoms with Gasteiger partial charge in [0.05, 0.1) is 18.3 Å². The molecule has 0 radical (unpaired) electrons. The van der Waals surface area contributed by atoms with Crippen molar-refractivity contribution in [1.29, 1.82) is 0 Å². The highest BCUT2D eigenvalue weighted by atomic mass is 16.3. The molecule has 0 fully saturated rings. The first-order valence-corrected chi connectivity index (χ1v) is 8.35. The molecule has 128 valence electrons. The van der Waals surface area contributed by atoms with E-state index in [9.17, 15) is 4.79 Å². The van der Waals surface area contributed by atoms with Crippen molar-refractivity contribution in [3.8, 4) is 0 Å². The second-order valence-electron chi connectivity index (χ2n) is 6.11. The van der Waals surface area contributed by atoms with E-state index >= 15 is 0 Å². The van der Waals surface area contributed by atoms with Gasteiger partial charge in [-0.05, 0) is 49.2 Å². The highest BCUT2D eigenvalue weighted by molar-refractivity contribution is 5.94. The number of benzene rings is 2. The fourth-order valence-electron chi connectivity index (χ4n) is 2.74. The van der Waals surface area contributed by atoms with Crippen molar-refractivity contribution in [2.75, 3.05) is 5.32 Å². The summed E-state index contributed by atoms with van der Waals surface area (Å²) in [6.45, 7) is 3.85. The monoisotopic (exact) mass is 334 g/mol. The Morgan fingerprint density at radius 3 is 2.48 bits per heavy atom. The highest BCUT2D eigenvalue weighted by Crippen LogP contribution is 2.23. The third-order valence-electron chi connectivity index (χ3n) is 4.06. The van der Waals surface area contributed by atoms with Crippen LogP contribution in [0.25, 0.3) is 0 Å². The van der Waals surface area contributed by atoms with E-state index in [0.717, 1.165) is 22.6 Å². The van der Waals surface area contributed by atoms with E-state index in [-0.39, 0.29) is 11.9 Å². The molecule has 0 saturated heterocycles. The van der Waals surface area contributed by atoms with Gasteiger partial charge in [-0.1, -0.05) is 42.5 Å². The molecular formula is C21H22N2O2. The van der Waals surface area contributed by atoms with Gasteiger partial charge in [0.1, 0.15) is 5.76 Å². The molecule has 2 aromatic carbocycles. The number of amides is 1. The summed E-state index contributed by atoms with van der Waals surface area (Å²) in [5, 5.41) is 6.32. The summed E-state index contributed by atoms with van der Waals surface area (Å²) in [6, 6.07) is 20.9. The van der Waals surface area contributed by atoms with Gasteiger partial charge in [-0.2, -0.15) is 0 Å². The Labute approximate surface area is 147 Å². The molecule has 0 aliphatic carbocycles. The molecule has 1 aromatic heterocycles. The van der Waals surface area contributed by atoms with Crippen molar-refractivity contribution in [2.24, 2.45) is 0 Å². The Kier molecular flexibility index (Phi) is 5.31. The van der Waals surface area contributed by atoms with Gasteiger partial charge in [-0.15, -0.1) is 0 Å². The zero-order valence-corrected chi connectivity index (χ0v) is 14.4. The quantitative estimate of drug-likeness (QED) is 0.707. The highest BCUT2D eigenvalue weighted by Gasteiger charge is 2.22. The Morgan fingerprint density at radius 1 is 1.00 bits per heavy atom. The Hall–Kier alpha value is -2.85. The van der Waals surface area contributed by atoms with Crippen LogP contribution in [0.5, 0.6) is 0 Å². The van der Waals surface area contributed by atoms with Crippen molar-refractivity contribution in [3.63, 3.8) is 0 Å². The largest absolute Gasteiger partial charge is 0.467 e. The minimum absolute atomic E-state index is 0.0851. The van der Waals surface area contributed by atoms with E-state index in [2.05, 4.69) is 10.6 Å². The lowest BCUT2D eigenvalue weighted by Gasteiger charge is -2.22. The van der Waals surface area contributed by atoms with Gasteiger partial charge in [0, 0.05) is 5.69 Å². The van der Waals surface area contributed by atoms with Gasteiger partial charge in [-0.25, -0.2) is 0 Å². The molecule has 3 aromatic rings. The van der Waals surface area contributed by atoms with Crippen LogP contribution in [0.3, 0.4) is 0 Å². The molecule has 3 rings (SSSR count). The molecule has 0 saturated carbocycles. The average Bonchev–Trinajstić information content (AvgIpc) is 3.14. The van der Waals surface area contributed by atoms with E-state index in [1.807, 2.05) is 80.6 Å². The zero-order chi connectivity index (χ0) is 17.6. The number of hydrogen-bond acceptors (Lipinski definition) is 3. The van der Waals surface area contributed by atoms with Crippen molar-refractivity contribution >= 4 is 11.6 Å². The maximum absolute atomic E-state index is 12.6. The number of carbonyl (C=O) groups is 1. The normalized spacial score (nSPS) is 13.2. The van der Waals surface area contributed by atoms with Crippen LogP contribution in [-0.4, -0.2) is 11.9 Å². The maximum atomic E-state index is 12.6. The lowest BCUT2D eigenvalue weighted by molar-refractivity contribution is -0.117.